The smallest absolute Gasteiger partial charge is 0.236 e. The molecule has 0 saturated heterocycles. The Morgan fingerprint density at radius 3 is 2.76 bits per heavy atom. The van der Waals surface area contributed by atoms with Gasteiger partial charge in [-0.3, -0.25) is 4.79 Å². The number of rotatable bonds is 5. The second-order valence-electron chi connectivity index (χ2n) is 6.18. The number of hydrogen-bond acceptors (Lipinski definition) is 6. The van der Waals surface area contributed by atoms with Gasteiger partial charge in [-0.1, -0.05) is 30.0 Å². The SMILES string of the molecule is Cc1nc(NC(=O)CSc2nc(C3CC3)nc3ccccc23)sc1C. The number of hydrogen-bond donors (Lipinski definition) is 1. The molecule has 1 aromatic carbocycles. The third-order valence-electron chi connectivity index (χ3n) is 4.14. The molecule has 1 aliphatic carbocycles. The van der Waals surface area contributed by atoms with E-state index in [1.807, 2.05) is 38.1 Å². The largest absolute Gasteiger partial charge is 0.301 e. The third-order valence-corrected chi connectivity index (χ3v) is 6.12. The standard InChI is InChI=1S/C18H18N4OS2/c1-10-11(2)25-18(19-10)21-15(23)9-24-17-13-5-3-4-6-14(13)20-16(22-17)12-7-8-12/h3-6,12H,7-9H2,1-2H3,(H,19,21,23). The van der Waals surface area contributed by atoms with Gasteiger partial charge in [0.2, 0.25) is 5.91 Å². The predicted molar refractivity (Wildman–Crippen MR) is 102 cm³/mol. The number of thiazole rings is 1. The normalized spacial score (nSPS) is 14.0. The summed E-state index contributed by atoms with van der Waals surface area (Å²) in [6.07, 6.45) is 2.32. The lowest BCUT2D eigenvalue weighted by molar-refractivity contribution is -0.113. The van der Waals surface area contributed by atoms with E-state index in [0.29, 0.717) is 16.8 Å². The molecule has 0 radical (unpaired) electrons. The Bertz CT molecular complexity index is 930. The Labute approximate surface area is 154 Å². The number of aryl methyl sites for hydroxylation is 2. The van der Waals surface area contributed by atoms with Gasteiger partial charge in [0.15, 0.2) is 5.13 Å². The number of carbonyl (C=O) groups excluding carboxylic acids is 1. The van der Waals surface area contributed by atoms with E-state index in [2.05, 4.69) is 15.3 Å². The van der Waals surface area contributed by atoms with Gasteiger partial charge in [-0.15, -0.1) is 11.3 Å². The summed E-state index contributed by atoms with van der Waals surface area (Å²) >= 11 is 2.96. The Morgan fingerprint density at radius 1 is 1.24 bits per heavy atom. The van der Waals surface area contributed by atoms with Gasteiger partial charge in [0.05, 0.1) is 17.0 Å². The lowest BCUT2D eigenvalue weighted by Crippen LogP contribution is -2.14. The zero-order valence-corrected chi connectivity index (χ0v) is 15.7. The first kappa shape index (κ1) is 16.5. The molecule has 3 aromatic rings. The molecule has 4 rings (SSSR count). The van der Waals surface area contributed by atoms with Crippen molar-refractivity contribution in [2.75, 3.05) is 11.1 Å². The highest BCUT2D eigenvalue weighted by Gasteiger charge is 2.27. The summed E-state index contributed by atoms with van der Waals surface area (Å²) in [5, 5.41) is 5.42. The van der Waals surface area contributed by atoms with Crippen LogP contribution in [0.15, 0.2) is 29.3 Å². The van der Waals surface area contributed by atoms with Crippen molar-refractivity contribution in [3.8, 4) is 0 Å². The van der Waals surface area contributed by atoms with Crippen LogP contribution in [0.2, 0.25) is 0 Å². The van der Waals surface area contributed by atoms with Crippen molar-refractivity contribution in [3.63, 3.8) is 0 Å². The van der Waals surface area contributed by atoms with Crippen LogP contribution in [0.5, 0.6) is 0 Å². The fraction of sp³-hybridized carbons (Fsp3) is 0.333. The molecule has 2 aromatic heterocycles. The third kappa shape index (κ3) is 3.67. The van der Waals surface area contributed by atoms with E-state index < -0.39 is 0 Å². The molecule has 0 aliphatic heterocycles. The molecule has 1 fully saturated rings. The van der Waals surface area contributed by atoms with E-state index >= 15 is 0 Å². The fourth-order valence-electron chi connectivity index (χ4n) is 2.51. The van der Waals surface area contributed by atoms with Crippen LogP contribution in [0.1, 0.15) is 35.2 Å². The first-order valence-corrected chi connectivity index (χ1v) is 10.0. The molecule has 1 amide bonds. The summed E-state index contributed by atoms with van der Waals surface area (Å²) in [5.74, 6) is 1.64. The van der Waals surface area contributed by atoms with E-state index in [1.165, 1.54) is 23.1 Å². The van der Waals surface area contributed by atoms with Gasteiger partial charge < -0.3 is 5.32 Å². The highest BCUT2D eigenvalue weighted by atomic mass is 32.2. The minimum atomic E-state index is -0.0607. The Balaban J connectivity index is 1.51. The number of nitrogens with zero attached hydrogens (tertiary/aromatic N) is 3. The lowest BCUT2D eigenvalue weighted by atomic mass is 10.2. The molecule has 2 heterocycles. The molecule has 1 N–H and O–H groups in total. The molecule has 1 aliphatic rings. The molecule has 0 bridgehead atoms. The van der Waals surface area contributed by atoms with Crippen LogP contribution >= 0.6 is 23.1 Å². The van der Waals surface area contributed by atoms with Gasteiger partial charge in [0, 0.05) is 16.2 Å². The molecule has 128 valence electrons. The summed E-state index contributed by atoms with van der Waals surface area (Å²) in [4.78, 5) is 27.1. The minimum Gasteiger partial charge on any atom is -0.301 e. The number of fused-ring (bicyclic) bond motifs is 1. The summed E-state index contributed by atoms with van der Waals surface area (Å²) in [6.45, 7) is 3.95. The topological polar surface area (TPSA) is 67.8 Å². The maximum atomic E-state index is 12.3. The van der Waals surface area contributed by atoms with Crippen LogP contribution in [0.3, 0.4) is 0 Å². The number of anilines is 1. The number of para-hydroxylation sites is 1. The Kier molecular flexibility index (Phi) is 4.43. The molecule has 25 heavy (non-hydrogen) atoms. The van der Waals surface area contributed by atoms with Crippen molar-refractivity contribution in [2.45, 2.75) is 37.6 Å². The molecule has 0 unspecified atom stereocenters. The van der Waals surface area contributed by atoms with Gasteiger partial charge >= 0.3 is 0 Å². The lowest BCUT2D eigenvalue weighted by Gasteiger charge is -2.08. The van der Waals surface area contributed by atoms with Crippen LogP contribution in [-0.2, 0) is 4.79 Å². The van der Waals surface area contributed by atoms with E-state index in [0.717, 1.165) is 45.2 Å². The summed E-state index contributed by atoms with van der Waals surface area (Å²) in [5.41, 5.74) is 1.91. The van der Waals surface area contributed by atoms with Gasteiger partial charge in [-0.2, -0.15) is 0 Å². The molecule has 5 nitrogen and oxygen atoms in total. The molecule has 0 spiro atoms. The molecule has 7 heteroatoms. The monoisotopic (exact) mass is 370 g/mol. The summed E-state index contributed by atoms with van der Waals surface area (Å²) in [6, 6.07) is 7.99. The van der Waals surface area contributed by atoms with Crippen molar-refractivity contribution in [1.82, 2.24) is 15.0 Å². The van der Waals surface area contributed by atoms with E-state index in [4.69, 9.17) is 4.98 Å². The number of benzene rings is 1. The number of amides is 1. The zero-order valence-electron chi connectivity index (χ0n) is 14.1. The molecular formula is C18H18N4OS2. The van der Waals surface area contributed by atoms with Gasteiger partial charge in [-0.05, 0) is 32.8 Å². The molecule has 0 atom stereocenters. The van der Waals surface area contributed by atoms with Crippen LogP contribution in [0.25, 0.3) is 10.9 Å². The zero-order chi connectivity index (χ0) is 17.4. The number of aromatic nitrogens is 3. The summed E-state index contributed by atoms with van der Waals surface area (Å²) < 4.78 is 0. The van der Waals surface area contributed by atoms with Crippen molar-refractivity contribution < 1.29 is 4.79 Å². The molecular weight excluding hydrogens is 352 g/mol. The van der Waals surface area contributed by atoms with Crippen molar-refractivity contribution in [1.29, 1.82) is 0 Å². The highest BCUT2D eigenvalue weighted by Crippen LogP contribution is 2.39. The number of thioether (sulfide) groups is 1. The van der Waals surface area contributed by atoms with Crippen molar-refractivity contribution in [3.05, 3.63) is 40.7 Å². The predicted octanol–water partition coefficient (Wildman–Crippen LogP) is 4.31. The van der Waals surface area contributed by atoms with E-state index in [-0.39, 0.29) is 5.91 Å². The maximum Gasteiger partial charge on any atom is 0.236 e. The average Bonchev–Trinajstić information content (AvgIpc) is 3.39. The van der Waals surface area contributed by atoms with Crippen LogP contribution in [0.4, 0.5) is 5.13 Å². The van der Waals surface area contributed by atoms with Crippen molar-refractivity contribution in [2.24, 2.45) is 0 Å². The van der Waals surface area contributed by atoms with Crippen LogP contribution in [-0.4, -0.2) is 26.6 Å². The quantitative estimate of drug-likeness (QED) is 0.535. The summed E-state index contributed by atoms with van der Waals surface area (Å²) in [7, 11) is 0. The number of carbonyl (C=O) groups is 1. The minimum absolute atomic E-state index is 0.0607. The van der Waals surface area contributed by atoms with Gasteiger partial charge in [0.25, 0.3) is 0 Å². The van der Waals surface area contributed by atoms with Crippen molar-refractivity contribution >= 4 is 45.0 Å². The average molecular weight is 371 g/mol. The first-order chi connectivity index (χ1) is 12.1. The first-order valence-electron chi connectivity index (χ1n) is 8.23. The van der Waals surface area contributed by atoms with Gasteiger partial charge in [0.1, 0.15) is 10.9 Å². The Morgan fingerprint density at radius 2 is 2.04 bits per heavy atom. The van der Waals surface area contributed by atoms with E-state index in [9.17, 15) is 4.79 Å². The van der Waals surface area contributed by atoms with Crippen LogP contribution < -0.4 is 5.32 Å². The molecule has 1 saturated carbocycles. The highest BCUT2D eigenvalue weighted by molar-refractivity contribution is 8.00. The van der Waals surface area contributed by atoms with Crippen LogP contribution in [0, 0.1) is 13.8 Å². The fourth-order valence-corrected chi connectivity index (χ4v) is 4.17. The van der Waals surface area contributed by atoms with Gasteiger partial charge in [-0.25, -0.2) is 15.0 Å². The second kappa shape index (κ2) is 6.72. The second-order valence-corrected chi connectivity index (χ2v) is 8.34. The Hall–Kier alpha value is -1.99. The maximum absolute atomic E-state index is 12.3. The van der Waals surface area contributed by atoms with E-state index in [1.54, 1.807) is 0 Å². The number of nitrogens with one attached hydrogen (secondary N) is 1.